The lowest BCUT2D eigenvalue weighted by Gasteiger charge is -2.31. The molecule has 1 saturated heterocycles. The molecule has 0 amide bonds. The lowest BCUT2D eigenvalue weighted by atomic mass is 10.0. The number of piperidine rings is 1. The van der Waals surface area contributed by atoms with E-state index in [1.807, 2.05) is 59.2 Å². The van der Waals surface area contributed by atoms with Crippen molar-refractivity contribution >= 4 is 22.3 Å². The Morgan fingerprint density at radius 2 is 1.81 bits per heavy atom. The number of hydrogen-bond acceptors (Lipinski definition) is 4. The maximum Gasteiger partial charge on any atom is 0.221 e. The third kappa shape index (κ3) is 3.35. The molecule has 1 aliphatic heterocycles. The Labute approximate surface area is 153 Å². The molecule has 134 valence electrons. The molecule has 4 rings (SSSR count). The maximum absolute atomic E-state index is 10.9. The van der Waals surface area contributed by atoms with E-state index in [4.69, 9.17) is 0 Å². The van der Waals surface area contributed by atoms with Crippen LogP contribution in [-0.4, -0.2) is 27.7 Å². The first-order valence-corrected chi connectivity index (χ1v) is 9.21. The van der Waals surface area contributed by atoms with Gasteiger partial charge >= 0.3 is 0 Å². The summed E-state index contributed by atoms with van der Waals surface area (Å²) in [6.45, 7) is 5.10. The van der Waals surface area contributed by atoms with Crippen molar-refractivity contribution in [3.8, 4) is 5.88 Å². The van der Waals surface area contributed by atoms with Crippen LogP contribution >= 0.6 is 0 Å². The van der Waals surface area contributed by atoms with Gasteiger partial charge in [-0.2, -0.15) is 5.11 Å². The van der Waals surface area contributed by atoms with Crippen molar-refractivity contribution in [1.82, 2.24) is 9.47 Å². The summed E-state index contributed by atoms with van der Waals surface area (Å²) in [4.78, 5) is 2.40. The lowest BCUT2D eigenvalue weighted by Crippen LogP contribution is -2.35. The number of hydrogen-bond donors (Lipinski definition) is 1. The maximum atomic E-state index is 10.9. The number of aromatic nitrogens is 1. The van der Waals surface area contributed by atoms with Crippen LogP contribution in [0.1, 0.15) is 19.8 Å². The highest BCUT2D eigenvalue weighted by Gasteiger charge is 2.21. The summed E-state index contributed by atoms with van der Waals surface area (Å²) < 4.78 is 1.95. The van der Waals surface area contributed by atoms with E-state index in [0.29, 0.717) is 18.3 Å². The molecule has 5 heteroatoms. The van der Waals surface area contributed by atoms with Crippen LogP contribution in [0.25, 0.3) is 10.9 Å². The van der Waals surface area contributed by atoms with Gasteiger partial charge in [0.05, 0.1) is 17.9 Å². The van der Waals surface area contributed by atoms with E-state index < -0.39 is 0 Å². The van der Waals surface area contributed by atoms with Gasteiger partial charge in [-0.05, 0) is 43.5 Å². The van der Waals surface area contributed by atoms with Crippen LogP contribution in [0.15, 0.2) is 64.8 Å². The number of aromatic hydroxyl groups is 1. The predicted molar refractivity (Wildman–Crippen MR) is 104 cm³/mol. The average Bonchev–Trinajstić information content (AvgIpc) is 2.93. The van der Waals surface area contributed by atoms with Gasteiger partial charge in [0, 0.05) is 11.9 Å². The van der Waals surface area contributed by atoms with Gasteiger partial charge in [-0.3, -0.25) is 9.47 Å². The molecule has 0 bridgehead atoms. The number of fused-ring (bicyclic) bond motifs is 1. The highest BCUT2D eigenvalue weighted by Crippen LogP contribution is 2.39. The second kappa shape index (κ2) is 7.30. The van der Waals surface area contributed by atoms with Crippen LogP contribution in [0.4, 0.5) is 11.4 Å². The Morgan fingerprint density at radius 3 is 2.62 bits per heavy atom. The number of benzene rings is 2. The van der Waals surface area contributed by atoms with E-state index in [-0.39, 0.29) is 5.88 Å². The van der Waals surface area contributed by atoms with Gasteiger partial charge in [-0.1, -0.05) is 43.3 Å². The summed E-state index contributed by atoms with van der Waals surface area (Å²) in [5, 5.41) is 20.5. The summed E-state index contributed by atoms with van der Waals surface area (Å²) >= 11 is 0. The molecule has 0 radical (unpaired) electrons. The minimum atomic E-state index is 0.184. The van der Waals surface area contributed by atoms with Gasteiger partial charge in [-0.15, -0.1) is 5.11 Å². The molecule has 1 N–H and O–H groups in total. The van der Waals surface area contributed by atoms with Crippen LogP contribution in [-0.2, 0) is 6.67 Å². The van der Waals surface area contributed by atoms with E-state index in [0.717, 1.165) is 29.7 Å². The fraction of sp³-hybridized carbons (Fsp3) is 0.333. The standard InChI is InChI=1S/C21H24N4O/c1-16-8-7-13-24(14-16)15-25-19-12-6-5-11-18(19)20(21(25)26)23-22-17-9-3-2-4-10-17/h2-6,9-12,16,26H,7-8,13-15H2,1H3. The van der Waals surface area contributed by atoms with Gasteiger partial charge < -0.3 is 5.11 Å². The molecule has 1 atom stereocenters. The first-order valence-electron chi connectivity index (χ1n) is 9.21. The number of rotatable bonds is 4. The molecule has 1 aliphatic rings. The number of para-hydroxylation sites is 1. The first kappa shape index (κ1) is 16.8. The van der Waals surface area contributed by atoms with Crippen LogP contribution < -0.4 is 0 Å². The quantitative estimate of drug-likeness (QED) is 0.637. The molecule has 0 aliphatic carbocycles. The molecule has 0 saturated carbocycles. The van der Waals surface area contributed by atoms with Crippen LogP contribution in [0.5, 0.6) is 5.88 Å². The van der Waals surface area contributed by atoms with Gasteiger partial charge in [0.2, 0.25) is 5.88 Å². The number of likely N-dealkylation sites (tertiary alicyclic amines) is 1. The molecule has 26 heavy (non-hydrogen) atoms. The van der Waals surface area contributed by atoms with Gasteiger partial charge in [0.25, 0.3) is 0 Å². The smallest absolute Gasteiger partial charge is 0.221 e. The summed E-state index contributed by atoms with van der Waals surface area (Å²) in [5.41, 5.74) is 2.30. The second-order valence-corrected chi connectivity index (χ2v) is 7.12. The molecule has 1 unspecified atom stereocenters. The van der Waals surface area contributed by atoms with Crippen molar-refractivity contribution < 1.29 is 5.11 Å². The zero-order valence-electron chi connectivity index (χ0n) is 15.0. The SMILES string of the molecule is CC1CCCN(Cn2c(O)c(N=Nc3ccccc3)c3ccccc32)C1. The van der Waals surface area contributed by atoms with Crippen molar-refractivity contribution in [3.63, 3.8) is 0 Å². The Balaban J connectivity index is 1.70. The monoisotopic (exact) mass is 348 g/mol. The van der Waals surface area contributed by atoms with Crippen molar-refractivity contribution in [1.29, 1.82) is 0 Å². The molecule has 2 heterocycles. The van der Waals surface area contributed by atoms with Crippen LogP contribution in [0.2, 0.25) is 0 Å². The molecule has 2 aromatic carbocycles. The molecular formula is C21H24N4O. The van der Waals surface area contributed by atoms with E-state index in [1.54, 1.807) is 0 Å². The van der Waals surface area contributed by atoms with Crippen LogP contribution in [0, 0.1) is 5.92 Å². The molecule has 1 aromatic heterocycles. The van der Waals surface area contributed by atoms with Crippen LogP contribution in [0.3, 0.4) is 0 Å². The first-order chi connectivity index (χ1) is 12.7. The molecule has 1 fully saturated rings. The average molecular weight is 348 g/mol. The molecular weight excluding hydrogens is 324 g/mol. The zero-order chi connectivity index (χ0) is 17.9. The molecule has 5 nitrogen and oxygen atoms in total. The summed E-state index contributed by atoms with van der Waals surface area (Å²) in [5.74, 6) is 0.883. The highest BCUT2D eigenvalue weighted by molar-refractivity contribution is 5.95. The fourth-order valence-electron chi connectivity index (χ4n) is 3.73. The van der Waals surface area contributed by atoms with Gasteiger partial charge in [-0.25, -0.2) is 0 Å². The topological polar surface area (TPSA) is 53.1 Å². The van der Waals surface area contributed by atoms with Crippen molar-refractivity contribution in [2.24, 2.45) is 16.1 Å². The number of nitrogens with zero attached hydrogens (tertiary/aromatic N) is 4. The molecule has 0 spiro atoms. The van der Waals surface area contributed by atoms with Gasteiger partial charge in [0.1, 0.15) is 0 Å². The van der Waals surface area contributed by atoms with E-state index in [1.165, 1.54) is 12.8 Å². The minimum Gasteiger partial charge on any atom is -0.493 e. The van der Waals surface area contributed by atoms with E-state index in [9.17, 15) is 5.11 Å². The summed E-state index contributed by atoms with van der Waals surface area (Å²) in [6, 6.07) is 17.6. The van der Waals surface area contributed by atoms with Crippen molar-refractivity contribution in [2.75, 3.05) is 13.1 Å². The Morgan fingerprint density at radius 1 is 1.04 bits per heavy atom. The molecule has 3 aromatic rings. The largest absolute Gasteiger partial charge is 0.493 e. The van der Waals surface area contributed by atoms with E-state index in [2.05, 4.69) is 22.1 Å². The van der Waals surface area contributed by atoms with E-state index >= 15 is 0 Å². The predicted octanol–water partition coefficient (Wildman–Crippen LogP) is 5.45. The Hall–Kier alpha value is -2.66. The van der Waals surface area contributed by atoms with Crippen molar-refractivity contribution in [2.45, 2.75) is 26.4 Å². The third-order valence-corrected chi connectivity index (χ3v) is 5.02. The number of azo groups is 1. The summed E-state index contributed by atoms with van der Waals surface area (Å²) in [6.07, 6.45) is 2.49. The Bertz CT molecular complexity index is 916. The Kier molecular flexibility index (Phi) is 4.71. The second-order valence-electron chi connectivity index (χ2n) is 7.12. The summed E-state index contributed by atoms with van der Waals surface area (Å²) in [7, 11) is 0. The third-order valence-electron chi connectivity index (χ3n) is 5.02. The van der Waals surface area contributed by atoms with Crippen molar-refractivity contribution in [3.05, 3.63) is 54.6 Å². The normalized spacial score (nSPS) is 18.7. The highest BCUT2D eigenvalue weighted by atomic mass is 16.3. The fourth-order valence-corrected chi connectivity index (χ4v) is 3.73. The minimum absolute atomic E-state index is 0.184. The zero-order valence-corrected chi connectivity index (χ0v) is 15.0. The van der Waals surface area contributed by atoms with Gasteiger partial charge in [0.15, 0.2) is 5.69 Å². The lowest BCUT2D eigenvalue weighted by molar-refractivity contribution is 0.143.